The lowest BCUT2D eigenvalue weighted by Crippen LogP contribution is -2.30. The van der Waals surface area contributed by atoms with Crippen LogP contribution < -0.4 is 0 Å². The van der Waals surface area contributed by atoms with E-state index in [1.54, 1.807) is 28.5 Å². The van der Waals surface area contributed by atoms with Crippen LogP contribution in [0, 0.1) is 24.7 Å². The summed E-state index contributed by atoms with van der Waals surface area (Å²) in [6.07, 6.45) is 3.96. The van der Waals surface area contributed by atoms with Crippen molar-refractivity contribution in [2.75, 3.05) is 13.1 Å². The fourth-order valence-electron chi connectivity index (χ4n) is 3.59. The Bertz CT molecular complexity index is 793. The number of aryl methyl sites for hydroxylation is 1. The van der Waals surface area contributed by atoms with Crippen LogP contribution in [0.4, 0.5) is 0 Å². The van der Waals surface area contributed by atoms with E-state index in [9.17, 15) is 14.7 Å². The van der Waals surface area contributed by atoms with Gasteiger partial charge in [-0.2, -0.15) is 0 Å². The number of likely N-dealkylation sites (tertiary alicyclic amines) is 1. The van der Waals surface area contributed by atoms with E-state index in [-0.39, 0.29) is 11.8 Å². The Labute approximate surface area is 143 Å². The van der Waals surface area contributed by atoms with Gasteiger partial charge in [0.05, 0.1) is 16.6 Å². The number of carboxylic acids is 1. The van der Waals surface area contributed by atoms with Gasteiger partial charge in [0.1, 0.15) is 5.69 Å². The molecular weight excluding hydrogens is 326 g/mol. The van der Waals surface area contributed by atoms with Gasteiger partial charge < -0.3 is 15.0 Å². The van der Waals surface area contributed by atoms with Crippen LogP contribution in [0.15, 0.2) is 17.6 Å². The topological polar surface area (TPSA) is 86.3 Å². The molecule has 0 unspecified atom stereocenters. The van der Waals surface area contributed by atoms with Crippen molar-refractivity contribution in [3.05, 3.63) is 28.3 Å². The summed E-state index contributed by atoms with van der Waals surface area (Å²) < 4.78 is 0. The highest BCUT2D eigenvalue weighted by molar-refractivity contribution is 7.09. The second-order valence-corrected chi connectivity index (χ2v) is 7.77. The van der Waals surface area contributed by atoms with E-state index in [1.165, 1.54) is 0 Å². The summed E-state index contributed by atoms with van der Waals surface area (Å²) in [5, 5.41) is 12.4. The number of nitrogens with zero attached hydrogens (tertiary/aromatic N) is 2. The number of H-pyrrole nitrogens is 1. The number of amides is 1. The summed E-state index contributed by atoms with van der Waals surface area (Å²) in [5.74, 6) is -0.768. The predicted octanol–water partition coefficient (Wildman–Crippen LogP) is 2.63. The molecule has 2 aromatic heterocycles. The molecular formula is C17H19N3O3S. The van der Waals surface area contributed by atoms with Gasteiger partial charge in [-0.1, -0.05) is 0 Å². The smallest absolute Gasteiger partial charge is 0.308 e. The summed E-state index contributed by atoms with van der Waals surface area (Å²) in [4.78, 5) is 33.4. The highest BCUT2D eigenvalue weighted by Crippen LogP contribution is 2.44. The third-order valence-corrected chi connectivity index (χ3v) is 5.80. The third kappa shape index (κ3) is 2.73. The van der Waals surface area contributed by atoms with Crippen molar-refractivity contribution in [3.63, 3.8) is 0 Å². The normalized spacial score (nSPS) is 23.6. The number of carboxylic acid groups (broad SMARTS) is 1. The average molecular weight is 345 g/mol. The molecule has 2 fully saturated rings. The average Bonchev–Trinajstić information content (AvgIpc) is 2.99. The number of thiazole rings is 1. The molecule has 2 N–H and O–H groups in total. The van der Waals surface area contributed by atoms with Crippen LogP contribution in [0.1, 0.15) is 28.3 Å². The van der Waals surface area contributed by atoms with Crippen LogP contribution in [0.25, 0.3) is 11.3 Å². The van der Waals surface area contributed by atoms with Gasteiger partial charge >= 0.3 is 5.97 Å². The zero-order valence-electron chi connectivity index (χ0n) is 13.4. The van der Waals surface area contributed by atoms with E-state index in [0.29, 0.717) is 24.7 Å². The summed E-state index contributed by atoms with van der Waals surface area (Å²) in [6.45, 7) is 2.80. The lowest BCUT2D eigenvalue weighted by molar-refractivity contribution is -0.142. The van der Waals surface area contributed by atoms with Crippen LogP contribution in [0.2, 0.25) is 0 Å². The van der Waals surface area contributed by atoms with E-state index < -0.39 is 11.9 Å². The van der Waals surface area contributed by atoms with E-state index in [1.807, 2.05) is 12.3 Å². The summed E-state index contributed by atoms with van der Waals surface area (Å²) in [7, 11) is 0. The first-order valence-electron chi connectivity index (χ1n) is 8.16. The highest BCUT2D eigenvalue weighted by Gasteiger charge is 2.47. The minimum absolute atomic E-state index is 0.0991. The van der Waals surface area contributed by atoms with E-state index in [4.69, 9.17) is 0 Å². The highest BCUT2D eigenvalue weighted by atomic mass is 32.1. The van der Waals surface area contributed by atoms with Gasteiger partial charge in [-0.15, -0.1) is 11.3 Å². The maximum Gasteiger partial charge on any atom is 0.308 e. The monoisotopic (exact) mass is 345 g/mol. The van der Waals surface area contributed by atoms with Gasteiger partial charge in [0.15, 0.2) is 0 Å². The number of aromatic nitrogens is 2. The zero-order chi connectivity index (χ0) is 16.8. The molecule has 1 saturated carbocycles. The maximum atomic E-state index is 12.7. The minimum atomic E-state index is -0.785. The Morgan fingerprint density at radius 2 is 2.17 bits per heavy atom. The van der Waals surface area contributed by atoms with Gasteiger partial charge in [0.2, 0.25) is 0 Å². The van der Waals surface area contributed by atoms with E-state index in [0.717, 1.165) is 29.1 Å². The fraction of sp³-hybridized carbons (Fsp3) is 0.471. The zero-order valence-corrected chi connectivity index (χ0v) is 14.2. The second-order valence-electron chi connectivity index (χ2n) is 6.71. The molecule has 2 aromatic rings. The first-order chi connectivity index (χ1) is 11.5. The van der Waals surface area contributed by atoms with Crippen molar-refractivity contribution in [2.45, 2.75) is 19.8 Å². The molecule has 24 heavy (non-hydrogen) atoms. The van der Waals surface area contributed by atoms with Crippen molar-refractivity contribution in [2.24, 2.45) is 17.8 Å². The Morgan fingerprint density at radius 3 is 2.79 bits per heavy atom. The van der Waals surface area contributed by atoms with Crippen LogP contribution in [-0.4, -0.2) is 44.9 Å². The number of hydrogen-bond donors (Lipinski definition) is 2. The lowest BCUT2D eigenvalue weighted by atomic mass is 9.92. The quantitative estimate of drug-likeness (QED) is 0.892. The van der Waals surface area contributed by atoms with Crippen molar-refractivity contribution in [3.8, 4) is 11.3 Å². The molecule has 3 heterocycles. The van der Waals surface area contributed by atoms with Crippen LogP contribution >= 0.6 is 11.3 Å². The molecule has 7 heteroatoms. The van der Waals surface area contributed by atoms with Crippen LogP contribution in [-0.2, 0) is 4.79 Å². The summed E-state index contributed by atoms with van der Waals surface area (Å²) in [5.41, 5.74) is 2.24. The van der Waals surface area contributed by atoms with Crippen molar-refractivity contribution in [1.82, 2.24) is 14.9 Å². The SMILES string of the molecule is Cc1nc(-c2c[nH]c(C(=O)N3C[C@H](C(=O)O)[C@@H](C4CC4)C3)c2)cs1. The van der Waals surface area contributed by atoms with Gasteiger partial charge in [0.25, 0.3) is 5.91 Å². The first kappa shape index (κ1) is 15.4. The molecule has 126 valence electrons. The van der Waals surface area contributed by atoms with Crippen molar-refractivity contribution < 1.29 is 14.7 Å². The fourth-order valence-corrected chi connectivity index (χ4v) is 4.21. The molecule has 4 rings (SSSR count). The molecule has 2 aliphatic rings. The molecule has 0 spiro atoms. The largest absolute Gasteiger partial charge is 0.481 e. The van der Waals surface area contributed by atoms with E-state index >= 15 is 0 Å². The van der Waals surface area contributed by atoms with Gasteiger partial charge in [0, 0.05) is 30.2 Å². The molecule has 1 amide bonds. The number of carbonyl (C=O) groups excluding carboxylic acids is 1. The van der Waals surface area contributed by atoms with Crippen LogP contribution in [0.3, 0.4) is 0 Å². The van der Waals surface area contributed by atoms with Crippen molar-refractivity contribution in [1.29, 1.82) is 0 Å². The maximum absolute atomic E-state index is 12.7. The number of nitrogens with one attached hydrogen (secondary N) is 1. The third-order valence-electron chi connectivity index (χ3n) is 5.03. The molecule has 6 nitrogen and oxygen atoms in total. The molecule has 0 aromatic carbocycles. The molecule has 1 aliphatic heterocycles. The van der Waals surface area contributed by atoms with Crippen LogP contribution in [0.5, 0.6) is 0 Å². The molecule has 0 bridgehead atoms. The minimum Gasteiger partial charge on any atom is -0.481 e. The number of carbonyl (C=O) groups is 2. The Morgan fingerprint density at radius 1 is 1.38 bits per heavy atom. The van der Waals surface area contributed by atoms with Gasteiger partial charge in [-0.25, -0.2) is 4.98 Å². The van der Waals surface area contributed by atoms with Gasteiger partial charge in [-0.3, -0.25) is 9.59 Å². The second kappa shape index (κ2) is 5.73. The summed E-state index contributed by atoms with van der Waals surface area (Å²) in [6, 6.07) is 1.80. The number of rotatable bonds is 4. The standard InChI is InChI=1S/C17H19N3O3S/c1-9-19-15(8-24-9)11-4-14(18-5-11)16(21)20-6-12(10-2-3-10)13(7-20)17(22)23/h4-5,8,10,12-13,18H,2-3,6-7H2,1H3,(H,22,23)/t12-,13+/m1/s1. The predicted molar refractivity (Wildman–Crippen MR) is 89.9 cm³/mol. The molecule has 1 aliphatic carbocycles. The number of aromatic amines is 1. The Hall–Kier alpha value is -2.15. The molecule has 2 atom stereocenters. The Kier molecular flexibility index (Phi) is 3.68. The van der Waals surface area contributed by atoms with E-state index in [2.05, 4.69) is 9.97 Å². The lowest BCUT2D eigenvalue weighted by Gasteiger charge is -2.15. The summed E-state index contributed by atoms with van der Waals surface area (Å²) >= 11 is 1.57. The number of aliphatic carboxylic acids is 1. The molecule has 1 saturated heterocycles. The molecule has 0 radical (unpaired) electrons. The number of hydrogen-bond acceptors (Lipinski definition) is 4. The van der Waals surface area contributed by atoms with Gasteiger partial charge in [-0.05, 0) is 37.7 Å². The first-order valence-corrected chi connectivity index (χ1v) is 9.04. The van der Waals surface area contributed by atoms with Crippen molar-refractivity contribution >= 4 is 23.2 Å². The Balaban J connectivity index is 1.52.